The molecular formula is C13H21NO6S. The molecule has 0 spiro atoms. The summed E-state index contributed by atoms with van der Waals surface area (Å²) in [6.07, 6.45) is 2.74. The van der Waals surface area contributed by atoms with Crippen LogP contribution in [0.15, 0.2) is 0 Å². The van der Waals surface area contributed by atoms with Gasteiger partial charge in [-0.1, -0.05) is 6.42 Å². The fourth-order valence-electron chi connectivity index (χ4n) is 2.87. The highest BCUT2D eigenvalue weighted by Gasteiger charge is 2.38. The fraction of sp³-hybridized carbons (Fsp3) is 0.846. The number of likely N-dealkylation sites (tertiary alicyclic amines) is 1. The minimum Gasteiger partial charge on any atom is -0.480 e. The molecule has 0 bridgehead atoms. The van der Waals surface area contributed by atoms with Crippen molar-refractivity contribution in [3.8, 4) is 0 Å². The van der Waals surface area contributed by atoms with Gasteiger partial charge in [0.25, 0.3) is 0 Å². The molecule has 2 aliphatic heterocycles. The van der Waals surface area contributed by atoms with Crippen LogP contribution in [0.2, 0.25) is 0 Å². The Kier molecular flexibility index (Phi) is 5.21. The van der Waals surface area contributed by atoms with Gasteiger partial charge in [0, 0.05) is 13.1 Å². The van der Waals surface area contributed by atoms with E-state index in [2.05, 4.69) is 0 Å². The monoisotopic (exact) mass is 319 g/mol. The van der Waals surface area contributed by atoms with Crippen LogP contribution in [0.5, 0.6) is 0 Å². The maximum absolute atomic E-state index is 12.4. The third-order valence-electron chi connectivity index (χ3n) is 4.05. The van der Waals surface area contributed by atoms with Crippen molar-refractivity contribution in [3.63, 3.8) is 0 Å². The van der Waals surface area contributed by atoms with Crippen molar-refractivity contribution < 1.29 is 27.9 Å². The van der Waals surface area contributed by atoms with Crippen LogP contribution in [-0.4, -0.2) is 67.1 Å². The highest BCUT2D eigenvalue weighted by atomic mass is 32.2. The van der Waals surface area contributed by atoms with Crippen LogP contribution >= 0.6 is 0 Å². The summed E-state index contributed by atoms with van der Waals surface area (Å²) in [4.78, 5) is 24.4. The molecule has 8 heteroatoms. The van der Waals surface area contributed by atoms with E-state index >= 15 is 0 Å². The van der Waals surface area contributed by atoms with Crippen molar-refractivity contribution in [2.24, 2.45) is 0 Å². The Morgan fingerprint density at radius 3 is 2.38 bits per heavy atom. The molecule has 2 aliphatic rings. The molecule has 0 aromatic heterocycles. The molecule has 120 valence electrons. The Morgan fingerprint density at radius 1 is 1.14 bits per heavy atom. The Labute approximate surface area is 124 Å². The standard InChI is InChI=1S/C13H21NO6S/c15-12(16)9-20-10-4-6-14(7-5-10)13(17)11-3-1-2-8-21(11,18)19/h10-11H,1-9H2,(H,15,16). The lowest BCUT2D eigenvalue weighted by atomic mass is 10.1. The largest absolute Gasteiger partial charge is 0.480 e. The third kappa shape index (κ3) is 4.16. The summed E-state index contributed by atoms with van der Waals surface area (Å²) in [7, 11) is -3.31. The first kappa shape index (κ1) is 16.2. The summed E-state index contributed by atoms with van der Waals surface area (Å²) in [5.41, 5.74) is 0. The minimum atomic E-state index is -3.31. The second-order valence-corrected chi connectivity index (χ2v) is 7.88. The minimum absolute atomic E-state index is 0.0988. The Morgan fingerprint density at radius 2 is 1.81 bits per heavy atom. The van der Waals surface area contributed by atoms with Crippen LogP contribution in [0.1, 0.15) is 32.1 Å². The maximum atomic E-state index is 12.4. The van der Waals surface area contributed by atoms with E-state index in [9.17, 15) is 18.0 Å². The molecule has 0 aromatic rings. The van der Waals surface area contributed by atoms with Crippen LogP contribution in [0.3, 0.4) is 0 Å². The summed E-state index contributed by atoms with van der Waals surface area (Å²) in [6, 6.07) is 0. The average molecular weight is 319 g/mol. The first-order valence-electron chi connectivity index (χ1n) is 7.24. The van der Waals surface area contributed by atoms with Crippen molar-refractivity contribution in [1.29, 1.82) is 0 Å². The number of piperidine rings is 1. The first-order chi connectivity index (χ1) is 9.90. The van der Waals surface area contributed by atoms with Gasteiger partial charge in [-0.15, -0.1) is 0 Å². The molecule has 2 fully saturated rings. The molecule has 1 unspecified atom stereocenters. The molecule has 2 rings (SSSR count). The lowest BCUT2D eigenvalue weighted by Crippen LogP contribution is -2.49. The zero-order valence-electron chi connectivity index (χ0n) is 11.9. The number of carboxylic acid groups (broad SMARTS) is 1. The van der Waals surface area contributed by atoms with Crippen LogP contribution in [0.25, 0.3) is 0 Å². The second kappa shape index (κ2) is 6.74. The number of rotatable bonds is 4. The van der Waals surface area contributed by atoms with Gasteiger partial charge >= 0.3 is 5.97 Å². The number of hydrogen-bond acceptors (Lipinski definition) is 5. The van der Waals surface area contributed by atoms with E-state index < -0.39 is 21.1 Å². The highest BCUT2D eigenvalue weighted by molar-refractivity contribution is 7.92. The van der Waals surface area contributed by atoms with Crippen molar-refractivity contribution in [2.45, 2.75) is 43.5 Å². The van der Waals surface area contributed by atoms with Crippen LogP contribution in [0, 0.1) is 0 Å². The molecule has 2 saturated heterocycles. The number of ether oxygens (including phenoxy) is 1. The van der Waals surface area contributed by atoms with Gasteiger partial charge in [-0.25, -0.2) is 13.2 Å². The van der Waals surface area contributed by atoms with Gasteiger partial charge in [-0.3, -0.25) is 4.79 Å². The van der Waals surface area contributed by atoms with Crippen LogP contribution in [-0.2, 0) is 24.2 Å². The van der Waals surface area contributed by atoms with Crippen LogP contribution < -0.4 is 0 Å². The predicted octanol–water partition coefficient (Wildman–Crippen LogP) is 0.0459. The van der Waals surface area contributed by atoms with Gasteiger partial charge in [-0.05, 0) is 25.7 Å². The van der Waals surface area contributed by atoms with E-state index in [1.807, 2.05) is 0 Å². The summed E-state index contributed by atoms with van der Waals surface area (Å²) in [5.74, 6) is -1.21. The Bertz CT molecular complexity index is 495. The van der Waals surface area contributed by atoms with Crippen molar-refractivity contribution in [1.82, 2.24) is 4.90 Å². The molecule has 0 saturated carbocycles. The number of aliphatic carboxylic acids is 1. The molecule has 0 aromatic carbocycles. The molecule has 1 N–H and O–H groups in total. The number of carboxylic acids is 1. The Hall–Kier alpha value is -1.15. The molecule has 0 radical (unpaired) electrons. The maximum Gasteiger partial charge on any atom is 0.329 e. The van der Waals surface area contributed by atoms with E-state index in [1.54, 1.807) is 4.90 Å². The predicted molar refractivity (Wildman–Crippen MR) is 74.6 cm³/mol. The quantitative estimate of drug-likeness (QED) is 0.785. The molecule has 21 heavy (non-hydrogen) atoms. The zero-order chi connectivity index (χ0) is 15.5. The van der Waals surface area contributed by atoms with Gasteiger partial charge in [-0.2, -0.15) is 0 Å². The topological polar surface area (TPSA) is 101 Å². The molecular weight excluding hydrogens is 298 g/mol. The van der Waals surface area contributed by atoms with Gasteiger partial charge in [0.15, 0.2) is 9.84 Å². The summed E-state index contributed by atoms with van der Waals surface area (Å²) < 4.78 is 29.1. The number of hydrogen-bond donors (Lipinski definition) is 1. The van der Waals surface area contributed by atoms with E-state index in [1.165, 1.54) is 0 Å². The fourth-order valence-corrected chi connectivity index (χ4v) is 4.74. The van der Waals surface area contributed by atoms with Crippen molar-refractivity contribution in [3.05, 3.63) is 0 Å². The molecule has 2 heterocycles. The van der Waals surface area contributed by atoms with Gasteiger partial charge in [0.2, 0.25) is 5.91 Å². The van der Waals surface area contributed by atoms with Gasteiger partial charge in [0.1, 0.15) is 11.9 Å². The van der Waals surface area contributed by atoms with E-state index in [0.717, 1.165) is 6.42 Å². The first-order valence-corrected chi connectivity index (χ1v) is 8.95. The molecule has 7 nitrogen and oxygen atoms in total. The third-order valence-corrected chi connectivity index (χ3v) is 6.21. The SMILES string of the molecule is O=C(O)COC1CCN(C(=O)C2CCCCS2(=O)=O)CC1. The lowest BCUT2D eigenvalue weighted by molar-refractivity contribution is -0.146. The van der Waals surface area contributed by atoms with Crippen molar-refractivity contribution in [2.75, 3.05) is 25.4 Å². The van der Waals surface area contributed by atoms with Gasteiger partial charge < -0.3 is 14.7 Å². The average Bonchev–Trinajstić information content (AvgIpc) is 2.44. The second-order valence-electron chi connectivity index (χ2n) is 5.58. The number of sulfone groups is 1. The molecule has 0 aliphatic carbocycles. The highest BCUT2D eigenvalue weighted by Crippen LogP contribution is 2.23. The smallest absolute Gasteiger partial charge is 0.329 e. The van der Waals surface area contributed by atoms with E-state index in [4.69, 9.17) is 9.84 Å². The zero-order valence-corrected chi connectivity index (χ0v) is 12.7. The lowest BCUT2D eigenvalue weighted by Gasteiger charge is -2.34. The molecule has 1 amide bonds. The van der Waals surface area contributed by atoms with Crippen molar-refractivity contribution >= 4 is 21.7 Å². The molecule has 1 atom stereocenters. The van der Waals surface area contributed by atoms with Crippen LogP contribution in [0.4, 0.5) is 0 Å². The van der Waals surface area contributed by atoms with E-state index in [-0.39, 0.29) is 24.4 Å². The number of amides is 1. The summed E-state index contributed by atoms with van der Waals surface area (Å²) in [5, 5.41) is 7.67. The Balaban J connectivity index is 1.87. The number of carbonyl (C=O) groups excluding carboxylic acids is 1. The summed E-state index contributed by atoms with van der Waals surface area (Å²) in [6.45, 7) is 0.514. The number of nitrogens with zero attached hydrogens (tertiary/aromatic N) is 1. The number of carbonyl (C=O) groups is 2. The normalized spacial score (nSPS) is 26.5. The summed E-state index contributed by atoms with van der Waals surface area (Å²) >= 11 is 0. The van der Waals surface area contributed by atoms with Gasteiger partial charge in [0.05, 0.1) is 11.9 Å². The van der Waals surface area contributed by atoms with E-state index in [0.29, 0.717) is 38.8 Å².